The van der Waals surface area contributed by atoms with E-state index < -0.39 is 0 Å². The van der Waals surface area contributed by atoms with Crippen molar-refractivity contribution in [2.75, 3.05) is 31.1 Å². The zero-order valence-electron chi connectivity index (χ0n) is 17.2. The highest BCUT2D eigenvalue weighted by Crippen LogP contribution is 2.35. The molecule has 1 aliphatic heterocycles. The number of aromatic amines is 1. The number of pyridine rings is 1. The largest absolute Gasteiger partial charge is 0.508 e. The Morgan fingerprint density at radius 1 is 1.03 bits per heavy atom. The minimum atomic E-state index is 0.174. The Morgan fingerprint density at radius 2 is 1.81 bits per heavy atom. The van der Waals surface area contributed by atoms with Gasteiger partial charge in [0.05, 0.1) is 16.6 Å². The molecule has 3 N–H and O–H groups in total. The standard InChI is InChI=1S/C24H22N6O/c1-15-20(14-25)22(16-5-7-19(31)8-6-16)27-24-21(15)23(28-29-24)17-3-2-4-18(13-17)30-11-9-26-10-12-30/h2-8,13,26,31H,9-12H2,1H3,(H,27,28,29). The second-order valence-electron chi connectivity index (χ2n) is 7.70. The summed E-state index contributed by atoms with van der Waals surface area (Å²) in [4.78, 5) is 7.09. The quantitative estimate of drug-likeness (QED) is 0.477. The van der Waals surface area contributed by atoms with Crippen LogP contribution in [0.25, 0.3) is 33.5 Å². The highest BCUT2D eigenvalue weighted by atomic mass is 16.3. The van der Waals surface area contributed by atoms with Gasteiger partial charge in [0.1, 0.15) is 17.5 Å². The minimum absolute atomic E-state index is 0.174. The number of rotatable bonds is 3. The SMILES string of the molecule is Cc1c(C#N)c(-c2ccc(O)cc2)nc2[nH]nc(-c3cccc(N4CCNCC4)c3)c12. The number of nitriles is 1. The number of nitrogens with zero attached hydrogens (tertiary/aromatic N) is 4. The van der Waals surface area contributed by atoms with Crippen molar-refractivity contribution in [2.45, 2.75) is 6.92 Å². The molecular formula is C24H22N6O. The molecule has 2 aromatic carbocycles. The summed E-state index contributed by atoms with van der Waals surface area (Å²) in [7, 11) is 0. The van der Waals surface area contributed by atoms with Crippen LogP contribution in [0.3, 0.4) is 0 Å². The van der Waals surface area contributed by atoms with E-state index in [0.717, 1.165) is 53.9 Å². The fourth-order valence-corrected chi connectivity index (χ4v) is 4.19. The first-order chi connectivity index (χ1) is 15.2. The minimum Gasteiger partial charge on any atom is -0.508 e. The molecule has 0 aliphatic carbocycles. The van der Waals surface area contributed by atoms with E-state index in [1.54, 1.807) is 24.3 Å². The molecule has 154 valence electrons. The zero-order chi connectivity index (χ0) is 21.4. The number of hydrogen-bond acceptors (Lipinski definition) is 6. The normalized spacial score (nSPS) is 14.0. The number of anilines is 1. The summed E-state index contributed by atoms with van der Waals surface area (Å²) < 4.78 is 0. The lowest BCUT2D eigenvalue weighted by molar-refractivity contribution is 0.475. The lowest BCUT2D eigenvalue weighted by atomic mass is 9.97. The fourth-order valence-electron chi connectivity index (χ4n) is 4.19. The van der Waals surface area contributed by atoms with Gasteiger partial charge in [0.2, 0.25) is 0 Å². The summed E-state index contributed by atoms with van der Waals surface area (Å²) in [5, 5.41) is 31.4. The van der Waals surface area contributed by atoms with Gasteiger partial charge in [-0.3, -0.25) is 5.10 Å². The molecule has 7 nitrogen and oxygen atoms in total. The van der Waals surface area contributed by atoms with Crippen molar-refractivity contribution in [3.8, 4) is 34.3 Å². The van der Waals surface area contributed by atoms with Gasteiger partial charge in [-0.1, -0.05) is 12.1 Å². The van der Waals surface area contributed by atoms with Gasteiger partial charge in [-0.15, -0.1) is 0 Å². The lowest BCUT2D eigenvalue weighted by Crippen LogP contribution is -2.43. The smallest absolute Gasteiger partial charge is 0.156 e. The van der Waals surface area contributed by atoms with E-state index in [1.807, 2.05) is 19.1 Å². The highest BCUT2D eigenvalue weighted by Gasteiger charge is 2.20. The third kappa shape index (κ3) is 3.37. The molecule has 4 aromatic rings. The molecule has 0 atom stereocenters. The number of hydrogen-bond donors (Lipinski definition) is 3. The van der Waals surface area contributed by atoms with E-state index in [9.17, 15) is 10.4 Å². The predicted molar refractivity (Wildman–Crippen MR) is 121 cm³/mol. The van der Waals surface area contributed by atoms with Gasteiger partial charge >= 0.3 is 0 Å². The van der Waals surface area contributed by atoms with E-state index >= 15 is 0 Å². The summed E-state index contributed by atoms with van der Waals surface area (Å²) >= 11 is 0. The van der Waals surface area contributed by atoms with E-state index in [2.05, 4.69) is 38.6 Å². The second kappa shape index (κ2) is 7.74. The van der Waals surface area contributed by atoms with E-state index in [4.69, 9.17) is 4.98 Å². The Kier molecular flexibility index (Phi) is 4.77. The second-order valence-corrected chi connectivity index (χ2v) is 7.70. The molecule has 0 spiro atoms. The van der Waals surface area contributed by atoms with Crippen LogP contribution >= 0.6 is 0 Å². The topological polar surface area (TPSA) is 101 Å². The molecule has 1 saturated heterocycles. The average molecular weight is 410 g/mol. The van der Waals surface area contributed by atoms with Crippen molar-refractivity contribution in [3.05, 3.63) is 59.7 Å². The molecule has 31 heavy (non-hydrogen) atoms. The molecular weight excluding hydrogens is 388 g/mol. The first kappa shape index (κ1) is 19.1. The molecule has 0 unspecified atom stereocenters. The number of phenolic OH excluding ortho intramolecular Hbond substituents is 1. The number of aromatic nitrogens is 3. The number of nitrogens with one attached hydrogen (secondary N) is 2. The molecule has 0 radical (unpaired) electrons. The summed E-state index contributed by atoms with van der Waals surface area (Å²) in [6.45, 7) is 5.83. The molecule has 0 amide bonds. The number of phenols is 1. The fraction of sp³-hybridized carbons (Fsp3) is 0.208. The third-order valence-corrected chi connectivity index (χ3v) is 5.81. The number of benzene rings is 2. The van der Waals surface area contributed by atoms with Gasteiger partial charge in [-0.25, -0.2) is 4.98 Å². The number of aryl methyl sites for hydroxylation is 1. The Balaban J connectivity index is 1.63. The summed E-state index contributed by atoms with van der Waals surface area (Å²) in [5.74, 6) is 0.174. The van der Waals surface area contributed by atoms with Crippen LogP contribution in [-0.4, -0.2) is 46.5 Å². The first-order valence-corrected chi connectivity index (χ1v) is 10.3. The molecule has 2 aromatic heterocycles. The monoisotopic (exact) mass is 410 g/mol. The molecule has 5 rings (SSSR count). The van der Waals surface area contributed by atoms with Crippen LogP contribution in [0.15, 0.2) is 48.5 Å². The van der Waals surface area contributed by atoms with Crippen LogP contribution in [0.2, 0.25) is 0 Å². The van der Waals surface area contributed by atoms with Gasteiger partial charge in [-0.05, 0) is 48.9 Å². The molecule has 3 heterocycles. The Labute approximate surface area is 180 Å². The Bertz CT molecular complexity index is 1300. The van der Waals surface area contributed by atoms with Crippen molar-refractivity contribution >= 4 is 16.7 Å². The van der Waals surface area contributed by atoms with Gasteiger partial charge in [0.25, 0.3) is 0 Å². The van der Waals surface area contributed by atoms with Crippen LogP contribution in [0.5, 0.6) is 5.75 Å². The van der Waals surface area contributed by atoms with Crippen molar-refractivity contribution in [2.24, 2.45) is 0 Å². The third-order valence-electron chi connectivity index (χ3n) is 5.81. The lowest BCUT2D eigenvalue weighted by Gasteiger charge is -2.29. The van der Waals surface area contributed by atoms with Crippen molar-refractivity contribution in [3.63, 3.8) is 0 Å². The summed E-state index contributed by atoms with van der Waals surface area (Å²) in [6, 6.07) is 17.4. The maximum Gasteiger partial charge on any atom is 0.156 e. The van der Waals surface area contributed by atoms with Crippen LogP contribution in [0.1, 0.15) is 11.1 Å². The number of piperazine rings is 1. The van der Waals surface area contributed by atoms with Crippen molar-refractivity contribution in [1.82, 2.24) is 20.5 Å². The molecule has 7 heteroatoms. The predicted octanol–water partition coefficient (Wildman–Crippen LogP) is 3.59. The van der Waals surface area contributed by atoms with Gasteiger partial charge in [-0.2, -0.15) is 10.4 Å². The average Bonchev–Trinajstić information content (AvgIpc) is 3.25. The highest BCUT2D eigenvalue weighted by molar-refractivity contribution is 5.97. The van der Waals surface area contributed by atoms with Gasteiger partial charge < -0.3 is 15.3 Å². The summed E-state index contributed by atoms with van der Waals surface area (Å²) in [6.07, 6.45) is 0. The van der Waals surface area contributed by atoms with Crippen molar-refractivity contribution in [1.29, 1.82) is 5.26 Å². The first-order valence-electron chi connectivity index (χ1n) is 10.3. The van der Waals surface area contributed by atoms with E-state index in [-0.39, 0.29) is 5.75 Å². The number of aromatic hydroxyl groups is 1. The number of fused-ring (bicyclic) bond motifs is 1. The van der Waals surface area contributed by atoms with Gasteiger partial charge in [0.15, 0.2) is 5.65 Å². The number of H-pyrrole nitrogens is 1. The molecule has 0 bridgehead atoms. The molecule has 1 fully saturated rings. The van der Waals surface area contributed by atoms with Crippen LogP contribution in [0, 0.1) is 18.3 Å². The maximum absolute atomic E-state index is 9.91. The maximum atomic E-state index is 9.91. The van der Waals surface area contributed by atoms with E-state index in [0.29, 0.717) is 16.9 Å². The van der Waals surface area contributed by atoms with Gasteiger partial charge in [0, 0.05) is 43.0 Å². The summed E-state index contributed by atoms with van der Waals surface area (Å²) in [5.41, 5.74) is 6.31. The zero-order valence-corrected chi connectivity index (χ0v) is 17.2. The molecule has 0 saturated carbocycles. The van der Waals surface area contributed by atoms with Crippen LogP contribution in [-0.2, 0) is 0 Å². The van der Waals surface area contributed by atoms with Crippen molar-refractivity contribution < 1.29 is 5.11 Å². The molecule has 1 aliphatic rings. The Morgan fingerprint density at radius 3 is 2.55 bits per heavy atom. The van der Waals surface area contributed by atoms with E-state index in [1.165, 1.54) is 5.69 Å². The Hall–Kier alpha value is -3.89. The van der Waals surface area contributed by atoms with Crippen LogP contribution < -0.4 is 10.2 Å². The van der Waals surface area contributed by atoms with Crippen LogP contribution in [0.4, 0.5) is 5.69 Å².